The fourth-order valence-electron chi connectivity index (χ4n) is 1.71. The predicted molar refractivity (Wildman–Crippen MR) is 64.5 cm³/mol. The van der Waals surface area contributed by atoms with Crippen LogP contribution in [0.15, 0.2) is 34.5 Å². The lowest BCUT2D eigenvalue weighted by atomic mass is 10.0. The summed E-state index contributed by atoms with van der Waals surface area (Å²) in [5, 5.41) is 0. The minimum absolute atomic E-state index is 0.151. The SMILES string of the molecule is Cc1ccc(Br)c(C(N)C2=CCCO2)c1. The number of hydrogen-bond donors (Lipinski definition) is 1. The molecule has 1 aromatic rings. The standard InChI is InChI=1S/C12H14BrNO/c1-8-4-5-10(13)9(7-8)12(14)11-3-2-6-15-11/h3-5,7,12H,2,6,14H2,1H3. The van der Waals surface area contributed by atoms with Crippen LogP contribution in [0.1, 0.15) is 23.6 Å². The molecule has 15 heavy (non-hydrogen) atoms. The van der Waals surface area contributed by atoms with Gasteiger partial charge in [0.25, 0.3) is 0 Å². The zero-order chi connectivity index (χ0) is 10.8. The Balaban J connectivity index is 2.31. The molecule has 1 atom stereocenters. The third-order valence-corrected chi connectivity index (χ3v) is 3.25. The van der Waals surface area contributed by atoms with E-state index in [1.807, 2.05) is 6.07 Å². The van der Waals surface area contributed by atoms with Crippen LogP contribution in [0.5, 0.6) is 0 Å². The van der Waals surface area contributed by atoms with E-state index in [1.54, 1.807) is 0 Å². The normalized spacial score (nSPS) is 17.1. The van der Waals surface area contributed by atoms with E-state index in [0.717, 1.165) is 28.8 Å². The first kappa shape index (κ1) is 10.7. The molecular formula is C12H14BrNO. The van der Waals surface area contributed by atoms with Gasteiger partial charge in [-0.3, -0.25) is 0 Å². The lowest BCUT2D eigenvalue weighted by Gasteiger charge is -2.15. The Labute approximate surface area is 98.2 Å². The van der Waals surface area contributed by atoms with Crippen LogP contribution in [0.25, 0.3) is 0 Å². The van der Waals surface area contributed by atoms with Gasteiger partial charge in [0.1, 0.15) is 5.76 Å². The molecule has 2 N–H and O–H groups in total. The second-order valence-electron chi connectivity index (χ2n) is 3.75. The Morgan fingerprint density at radius 3 is 2.93 bits per heavy atom. The van der Waals surface area contributed by atoms with Crippen LogP contribution in [0.4, 0.5) is 0 Å². The number of rotatable bonds is 2. The summed E-state index contributed by atoms with van der Waals surface area (Å²) in [7, 11) is 0. The smallest absolute Gasteiger partial charge is 0.113 e. The lowest BCUT2D eigenvalue weighted by molar-refractivity contribution is 0.225. The molecule has 0 saturated carbocycles. The summed E-state index contributed by atoms with van der Waals surface area (Å²) < 4.78 is 6.52. The van der Waals surface area contributed by atoms with Crippen molar-refractivity contribution in [1.29, 1.82) is 0 Å². The van der Waals surface area contributed by atoms with Crippen molar-refractivity contribution in [3.63, 3.8) is 0 Å². The molecule has 0 aromatic heterocycles. The Hall–Kier alpha value is -0.800. The summed E-state index contributed by atoms with van der Waals surface area (Å²) in [5.41, 5.74) is 8.44. The molecule has 0 fully saturated rings. The second-order valence-corrected chi connectivity index (χ2v) is 4.60. The topological polar surface area (TPSA) is 35.2 Å². The van der Waals surface area contributed by atoms with Crippen molar-refractivity contribution in [1.82, 2.24) is 0 Å². The maximum atomic E-state index is 6.15. The van der Waals surface area contributed by atoms with E-state index >= 15 is 0 Å². The van der Waals surface area contributed by atoms with Gasteiger partial charge in [0.05, 0.1) is 12.6 Å². The van der Waals surface area contributed by atoms with Crippen molar-refractivity contribution in [2.24, 2.45) is 5.73 Å². The largest absolute Gasteiger partial charge is 0.496 e. The van der Waals surface area contributed by atoms with Gasteiger partial charge in [-0.2, -0.15) is 0 Å². The van der Waals surface area contributed by atoms with Crippen molar-refractivity contribution in [3.05, 3.63) is 45.6 Å². The summed E-state index contributed by atoms with van der Waals surface area (Å²) in [6, 6.07) is 6.03. The van der Waals surface area contributed by atoms with E-state index in [0.29, 0.717) is 0 Å². The first-order valence-corrected chi connectivity index (χ1v) is 5.82. The van der Waals surface area contributed by atoms with Crippen LogP contribution in [-0.2, 0) is 4.74 Å². The number of benzene rings is 1. The van der Waals surface area contributed by atoms with Crippen LogP contribution in [0.3, 0.4) is 0 Å². The highest BCUT2D eigenvalue weighted by atomic mass is 79.9. The molecule has 0 bridgehead atoms. The number of ether oxygens (including phenoxy) is 1. The number of halogens is 1. The minimum atomic E-state index is -0.151. The van der Waals surface area contributed by atoms with E-state index in [-0.39, 0.29) is 6.04 Å². The summed E-state index contributed by atoms with van der Waals surface area (Å²) in [6.07, 6.45) is 3.03. The van der Waals surface area contributed by atoms with E-state index in [1.165, 1.54) is 5.56 Å². The fourth-order valence-corrected chi connectivity index (χ4v) is 2.20. The minimum Gasteiger partial charge on any atom is -0.496 e. The third-order valence-electron chi connectivity index (χ3n) is 2.53. The number of hydrogen-bond acceptors (Lipinski definition) is 2. The van der Waals surface area contributed by atoms with Crippen molar-refractivity contribution in [2.75, 3.05) is 6.61 Å². The molecule has 2 rings (SSSR count). The summed E-state index contributed by atoms with van der Waals surface area (Å²) in [4.78, 5) is 0. The van der Waals surface area contributed by atoms with Gasteiger partial charge in [0, 0.05) is 10.9 Å². The summed E-state index contributed by atoms with van der Waals surface area (Å²) in [6.45, 7) is 2.82. The van der Waals surface area contributed by atoms with Crippen LogP contribution in [-0.4, -0.2) is 6.61 Å². The van der Waals surface area contributed by atoms with E-state index < -0.39 is 0 Å². The van der Waals surface area contributed by atoms with Crippen molar-refractivity contribution in [2.45, 2.75) is 19.4 Å². The Morgan fingerprint density at radius 1 is 1.47 bits per heavy atom. The Morgan fingerprint density at radius 2 is 2.27 bits per heavy atom. The molecular weight excluding hydrogens is 254 g/mol. The number of aryl methyl sites for hydroxylation is 1. The molecule has 0 saturated heterocycles. The van der Waals surface area contributed by atoms with Crippen molar-refractivity contribution >= 4 is 15.9 Å². The van der Waals surface area contributed by atoms with E-state index in [9.17, 15) is 0 Å². The van der Waals surface area contributed by atoms with Gasteiger partial charge < -0.3 is 10.5 Å². The van der Waals surface area contributed by atoms with Gasteiger partial charge in [-0.05, 0) is 24.6 Å². The van der Waals surface area contributed by atoms with Gasteiger partial charge in [-0.25, -0.2) is 0 Å². The molecule has 3 heteroatoms. The Bertz CT molecular complexity index is 401. The summed E-state index contributed by atoms with van der Waals surface area (Å²) >= 11 is 3.52. The fraction of sp³-hybridized carbons (Fsp3) is 0.333. The van der Waals surface area contributed by atoms with Crippen LogP contribution in [0.2, 0.25) is 0 Å². The maximum absolute atomic E-state index is 6.15. The van der Waals surface area contributed by atoms with E-state index in [4.69, 9.17) is 10.5 Å². The molecule has 1 heterocycles. The number of nitrogens with two attached hydrogens (primary N) is 1. The Kier molecular flexibility index (Phi) is 3.12. The predicted octanol–water partition coefficient (Wildman–Crippen LogP) is 3.06. The molecule has 0 amide bonds. The molecule has 1 aliphatic rings. The highest BCUT2D eigenvalue weighted by Crippen LogP contribution is 2.30. The molecule has 0 aliphatic carbocycles. The molecule has 1 aliphatic heterocycles. The lowest BCUT2D eigenvalue weighted by Crippen LogP contribution is -2.14. The molecule has 1 unspecified atom stereocenters. The summed E-state index contributed by atoms with van der Waals surface area (Å²) in [5.74, 6) is 0.890. The van der Waals surface area contributed by atoms with Crippen molar-refractivity contribution < 1.29 is 4.74 Å². The van der Waals surface area contributed by atoms with E-state index in [2.05, 4.69) is 41.1 Å². The van der Waals surface area contributed by atoms with Gasteiger partial charge >= 0.3 is 0 Å². The first-order chi connectivity index (χ1) is 7.18. The molecule has 80 valence electrons. The van der Waals surface area contributed by atoms with Crippen molar-refractivity contribution in [3.8, 4) is 0 Å². The monoisotopic (exact) mass is 267 g/mol. The van der Waals surface area contributed by atoms with Gasteiger partial charge in [0.15, 0.2) is 0 Å². The molecule has 2 nitrogen and oxygen atoms in total. The second kappa shape index (κ2) is 4.37. The van der Waals surface area contributed by atoms with Crippen LogP contribution < -0.4 is 5.73 Å². The van der Waals surface area contributed by atoms with Gasteiger partial charge in [0.2, 0.25) is 0 Å². The quantitative estimate of drug-likeness (QED) is 0.894. The zero-order valence-corrected chi connectivity index (χ0v) is 10.3. The third kappa shape index (κ3) is 2.24. The highest BCUT2D eigenvalue weighted by molar-refractivity contribution is 9.10. The highest BCUT2D eigenvalue weighted by Gasteiger charge is 2.18. The van der Waals surface area contributed by atoms with Crippen LogP contribution in [0, 0.1) is 6.92 Å². The zero-order valence-electron chi connectivity index (χ0n) is 8.66. The molecule has 0 radical (unpaired) electrons. The molecule has 0 spiro atoms. The molecule has 1 aromatic carbocycles. The average Bonchev–Trinajstić information content (AvgIpc) is 2.74. The average molecular weight is 268 g/mol. The first-order valence-electron chi connectivity index (χ1n) is 5.03. The maximum Gasteiger partial charge on any atom is 0.113 e. The van der Waals surface area contributed by atoms with Crippen LogP contribution >= 0.6 is 15.9 Å². The van der Waals surface area contributed by atoms with Gasteiger partial charge in [-0.1, -0.05) is 33.6 Å². The van der Waals surface area contributed by atoms with Gasteiger partial charge in [-0.15, -0.1) is 0 Å².